The van der Waals surface area contributed by atoms with Gasteiger partial charge in [0.15, 0.2) is 0 Å². The Morgan fingerprint density at radius 1 is 1.06 bits per heavy atom. The summed E-state index contributed by atoms with van der Waals surface area (Å²) in [7, 11) is 1.59. The van der Waals surface area contributed by atoms with Crippen molar-refractivity contribution in [3.05, 3.63) is 29.8 Å². The number of nitrogens with zero attached hydrogens (tertiary/aromatic N) is 1. The van der Waals surface area contributed by atoms with E-state index in [4.69, 9.17) is 0 Å². The van der Waals surface area contributed by atoms with Crippen LogP contribution in [0, 0.1) is 0 Å². The first-order valence-electron chi connectivity index (χ1n) is 5.33. The first-order valence-corrected chi connectivity index (χ1v) is 5.33. The molecule has 7 heteroatoms. The van der Waals surface area contributed by atoms with E-state index in [-0.39, 0.29) is 0 Å². The summed E-state index contributed by atoms with van der Waals surface area (Å²) in [6, 6.07) is 5.58. The molecular formula is C11H10N4O3. The summed E-state index contributed by atoms with van der Waals surface area (Å²) >= 11 is 0. The number of anilines is 1. The number of carbonyl (C=O) groups excluding carboxylic acids is 3. The highest BCUT2D eigenvalue weighted by molar-refractivity contribution is 6.13. The summed E-state index contributed by atoms with van der Waals surface area (Å²) in [6.07, 6.45) is 0. The third-order valence-electron chi connectivity index (χ3n) is 3.12. The first-order chi connectivity index (χ1) is 8.54. The highest BCUT2D eigenvalue weighted by Crippen LogP contribution is 2.38. The van der Waals surface area contributed by atoms with Gasteiger partial charge in [0.1, 0.15) is 0 Å². The van der Waals surface area contributed by atoms with Crippen LogP contribution in [0.3, 0.4) is 0 Å². The lowest BCUT2D eigenvalue weighted by Crippen LogP contribution is -2.71. The van der Waals surface area contributed by atoms with Crippen LogP contribution in [0.5, 0.6) is 0 Å². The SMILES string of the molecule is CN1C(=O)C2(NC(=O)NC(=O)N2)c2ccccc21. The standard InChI is InChI=1S/C11H10N4O3/c1-15-7-5-3-2-4-6(7)11(8(15)16)13-9(17)12-10(18)14-11/h2-5H,1H3,(H3,12,13,14,17,18). The monoisotopic (exact) mass is 246 g/mol. The largest absolute Gasteiger partial charge is 0.325 e. The van der Waals surface area contributed by atoms with Gasteiger partial charge in [0, 0.05) is 12.6 Å². The molecule has 0 saturated carbocycles. The number of imide groups is 1. The lowest BCUT2D eigenvalue weighted by molar-refractivity contribution is -0.124. The average Bonchev–Trinajstić information content (AvgIpc) is 2.52. The summed E-state index contributed by atoms with van der Waals surface area (Å²) in [6.45, 7) is 0. The maximum absolute atomic E-state index is 12.3. The fourth-order valence-corrected chi connectivity index (χ4v) is 2.34. The van der Waals surface area contributed by atoms with E-state index >= 15 is 0 Å². The molecule has 2 aliphatic rings. The molecule has 18 heavy (non-hydrogen) atoms. The Balaban J connectivity index is 2.20. The Morgan fingerprint density at radius 3 is 2.33 bits per heavy atom. The van der Waals surface area contributed by atoms with Crippen LogP contribution in [-0.4, -0.2) is 25.0 Å². The van der Waals surface area contributed by atoms with Crippen LogP contribution in [0.4, 0.5) is 15.3 Å². The van der Waals surface area contributed by atoms with Gasteiger partial charge in [-0.1, -0.05) is 18.2 Å². The van der Waals surface area contributed by atoms with Crippen LogP contribution in [0.25, 0.3) is 0 Å². The third kappa shape index (κ3) is 1.15. The number of benzene rings is 1. The predicted molar refractivity (Wildman–Crippen MR) is 61.7 cm³/mol. The molecular weight excluding hydrogens is 236 g/mol. The van der Waals surface area contributed by atoms with Crippen molar-refractivity contribution in [3.8, 4) is 0 Å². The molecule has 0 atom stereocenters. The molecule has 0 bridgehead atoms. The molecule has 1 fully saturated rings. The van der Waals surface area contributed by atoms with Gasteiger partial charge in [0.25, 0.3) is 5.91 Å². The Labute approximate surface area is 102 Å². The average molecular weight is 246 g/mol. The van der Waals surface area contributed by atoms with E-state index in [1.165, 1.54) is 4.90 Å². The van der Waals surface area contributed by atoms with E-state index in [9.17, 15) is 14.4 Å². The van der Waals surface area contributed by atoms with Crippen molar-refractivity contribution in [2.24, 2.45) is 0 Å². The zero-order chi connectivity index (χ0) is 12.9. The molecule has 1 aromatic carbocycles. The van der Waals surface area contributed by atoms with Gasteiger partial charge in [-0.2, -0.15) is 0 Å². The minimum atomic E-state index is -1.50. The molecule has 3 rings (SSSR count). The molecule has 0 aliphatic carbocycles. The minimum Gasteiger partial charge on any atom is -0.311 e. The van der Waals surface area contributed by atoms with E-state index in [1.54, 1.807) is 31.3 Å². The number of hydrogen-bond acceptors (Lipinski definition) is 3. The second-order valence-corrected chi connectivity index (χ2v) is 4.16. The molecule has 92 valence electrons. The lowest BCUT2D eigenvalue weighted by Gasteiger charge is -2.33. The number of rotatable bonds is 0. The van der Waals surface area contributed by atoms with Crippen molar-refractivity contribution in [1.29, 1.82) is 0 Å². The van der Waals surface area contributed by atoms with Crippen molar-refractivity contribution in [3.63, 3.8) is 0 Å². The number of fused-ring (bicyclic) bond motifs is 2. The molecule has 2 heterocycles. The van der Waals surface area contributed by atoms with E-state index in [2.05, 4.69) is 10.6 Å². The minimum absolute atomic E-state index is 0.396. The second kappa shape index (κ2) is 3.22. The first kappa shape index (κ1) is 10.6. The van der Waals surface area contributed by atoms with Gasteiger partial charge in [-0.3, -0.25) is 10.1 Å². The highest BCUT2D eigenvalue weighted by atomic mass is 16.2. The van der Waals surface area contributed by atoms with Crippen molar-refractivity contribution in [1.82, 2.24) is 16.0 Å². The molecule has 3 N–H and O–H groups in total. The molecule has 2 aliphatic heterocycles. The normalized spacial score (nSPS) is 20.3. The van der Waals surface area contributed by atoms with Crippen molar-refractivity contribution >= 4 is 23.7 Å². The molecule has 7 nitrogen and oxygen atoms in total. The smallest absolute Gasteiger partial charge is 0.311 e. The number of carbonyl (C=O) groups is 3. The van der Waals surface area contributed by atoms with Crippen molar-refractivity contribution < 1.29 is 14.4 Å². The van der Waals surface area contributed by atoms with E-state index in [0.29, 0.717) is 11.3 Å². The number of nitrogens with one attached hydrogen (secondary N) is 3. The Morgan fingerprint density at radius 2 is 1.67 bits per heavy atom. The van der Waals surface area contributed by atoms with Crippen LogP contribution < -0.4 is 20.9 Å². The second-order valence-electron chi connectivity index (χ2n) is 4.16. The number of hydrogen-bond donors (Lipinski definition) is 3. The van der Waals surface area contributed by atoms with Crippen LogP contribution >= 0.6 is 0 Å². The van der Waals surface area contributed by atoms with E-state index < -0.39 is 23.6 Å². The zero-order valence-corrected chi connectivity index (χ0v) is 9.48. The topological polar surface area (TPSA) is 90.5 Å². The van der Waals surface area contributed by atoms with E-state index in [1.807, 2.05) is 5.32 Å². The molecule has 0 radical (unpaired) electrons. The number of likely N-dealkylation sites (N-methyl/N-ethyl adjacent to an activating group) is 1. The van der Waals surface area contributed by atoms with Gasteiger partial charge in [0.05, 0.1) is 5.69 Å². The molecule has 1 aromatic rings. The van der Waals surface area contributed by atoms with E-state index in [0.717, 1.165) is 0 Å². The summed E-state index contributed by atoms with van der Waals surface area (Å²) in [5.41, 5.74) is -0.282. The van der Waals surface area contributed by atoms with Gasteiger partial charge in [-0.05, 0) is 6.07 Å². The number of amides is 5. The third-order valence-corrected chi connectivity index (χ3v) is 3.12. The van der Waals surface area contributed by atoms with Crippen molar-refractivity contribution in [2.75, 3.05) is 11.9 Å². The molecule has 0 aromatic heterocycles. The van der Waals surface area contributed by atoms with Crippen LogP contribution in [0.1, 0.15) is 5.56 Å². The van der Waals surface area contributed by atoms with Crippen LogP contribution in [-0.2, 0) is 10.5 Å². The Bertz CT molecular complexity index is 567. The zero-order valence-electron chi connectivity index (χ0n) is 9.48. The van der Waals surface area contributed by atoms with Crippen molar-refractivity contribution in [2.45, 2.75) is 5.66 Å². The van der Waals surface area contributed by atoms with Gasteiger partial charge in [-0.25, -0.2) is 9.59 Å². The highest BCUT2D eigenvalue weighted by Gasteiger charge is 2.54. The number of para-hydroxylation sites is 1. The molecule has 1 saturated heterocycles. The Kier molecular flexibility index (Phi) is 1.89. The summed E-state index contributed by atoms with van der Waals surface area (Å²) in [5, 5.41) is 7.00. The van der Waals surface area contributed by atoms with Gasteiger partial charge in [-0.15, -0.1) is 0 Å². The predicted octanol–water partition coefficient (Wildman–Crippen LogP) is -0.162. The molecule has 5 amide bonds. The molecule has 0 unspecified atom stereocenters. The lowest BCUT2D eigenvalue weighted by atomic mass is 10.0. The van der Waals surface area contributed by atoms with Crippen LogP contribution in [0.15, 0.2) is 24.3 Å². The fraction of sp³-hybridized carbons (Fsp3) is 0.182. The summed E-state index contributed by atoms with van der Waals surface area (Å²) in [5.74, 6) is -0.396. The maximum Gasteiger partial charge on any atom is 0.325 e. The molecule has 1 spiro atoms. The Hall–Kier alpha value is -2.57. The van der Waals surface area contributed by atoms with Crippen LogP contribution in [0.2, 0.25) is 0 Å². The number of urea groups is 2. The van der Waals surface area contributed by atoms with Gasteiger partial charge in [0.2, 0.25) is 5.66 Å². The fourth-order valence-electron chi connectivity index (χ4n) is 2.34. The maximum atomic E-state index is 12.3. The summed E-state index contributed by atoms with van der Waals surface area (Å²) < 4.78 is 0. The quantitative estimate of drug-likeness (QED) is 0.594. The van der Waals surface area contributed by atoms with Gasteiger partial charge < -0.3 is 15.5 Å². The van der Waals surface area contributed by atoms with Gasteiger partial charge >= 0.3 is 12.1 Å². The summed E-state index contributed by atoms with van der Waals surface area (Å²) in [4.78, 5) is 36.6.